The molecule has 1 aromatic heterocycles. The van der Waals surface area contributed by atoms with Crippen LogP contribution in [0.15, 0.2) is 39.8 Å². The van der Waals surface area contributed by atoms with Crippen LogP contribution in [0, 0.1) is 13.8 Å². The van der Waals surface area contributed by atoms with Crippen LogP contribution in [-0.4, -0.2) is 8.42 Å². The molecule has 0 bridgehead atoms. The fraction of sp³-hybridized carbons (Fsp3) is 0.286. The second kappa shape index (κ2) is 5.30. The number of primary sulfonamides is 1. The van der Waals surface area contributed by atoms with Crippen molar-refractivity contribution in [2.24, 2.45) is 5.14 Å². The van der Waals surface area contributed by atoms with Crippen molar-refractivity contribution in [3.63, 3.8) is 0 Å². The number of rotatable bonds is 4. The Morgan fingerprint density at radius 1 is 1.30 bits per heavy atom. The van der Waals surface area contributed by atoms with Gasteiger partial charge in [-0.1, -0.05) is 0 Å². The van der Waals surface area contributed by atoms with Crippen LogP contribution in [0.3, 0.4) is 0 Å². The summed E-state index contributed by atoms with van der Waals surface area (Å²) in [5.74, 6) is 0.781. The smallest absolute Gasteiger partial charge is 0.238 e. The predicted octanol–water partition coefficient (Wildman–Crippen LogP) is 2.72. The van der Waals surface area contributed by atoms with Crippen LogP contribution in [0.2, 0.25) is 0 Å². The molecule has 0 saturated carbocycles. The van der Waals surface area contributed by atoms with Gasteiger partial charge in [0, 0.05) is 5.69 Å². The number of sulfonamides is 1. The first-order valence-electron chi connectivity index (χ1n) is 6.23. The van der Waals surface area contributed by atoms with E-state index < -0.39 is 10.0 Å². The Hall–Kier alpha value is -1.79. The van der Waals surface area contributed by atoms with E-state index in [0.717, 1.165) is 22.6 Å². The van der Waals surface area contributed by atoms with Crippen molar-refractivity contribution in [1.29, 1.82) is 0 Å². The van der Waals surface area contributed by atoms with Gasteiger partial charge in [0.05, 0.1) is 17.2 Å². The first kappa shape index (κ1) is 14.6. The summed E-state index contributed by atoms with van der Waals surface area (Å²) in [4.78, 5) is 0.106. The summed E-state index contributed by atoms with van der Waals surface area (Å²) in [6.07, 6.45) is 1.60. The normalized spacial score (nSPS) is 13.2. The zero-order valence-electron chi connectivity index (χ0n) is 11.7. The van der Waals surface area contributed by atoms with Gasteiger partial charge in [-0.3, -0.25) is 0 Å². The minimum Gasteiger partial charge on any atom is -0.467 e. The maximum atomic E-state index is 11.5. The van der Waals surface area contributed by atoms with Gasteiger partial charge in [-0.25, -0.2) is 13.6 Å². The van der Waals surface area contributed by atoms with Gasteiger partial charge < -0.3 is 9.73 Å². The molecule has 0 aliphatic heterocycles. The number of benzene rings is 1. The molecule has 1 atom stereocenters. The summed E-state index contributed by atoms with van der Waals surface area (Å²) in [7, 11) is -3.72. The van der Waals surface area contributed by atoms with Gasteiger partial charge in [0.1, 0.15) is 5.76 Å². The van der Waals surface area contributed by atoms with E-state index >= 15 is 0 Å². The van der Waals surface area contributed by atoms with Gasteiger partial charge >= 0.3 is 0 Å². The molecule has 108 valence electrons. The number of hydrogen-bond acceptors (Lipinski definition) is 4. The number of aryl methyl sites for hydroxylation is 1. The summed E-state index contributed by atoms with van der Waals surface area (Å²) in [6, 6.07) is 6.74. The molecule has 0 aliphatic rings. The third-order valence-electron chi connectivity index (χ3n) is 3.31. The third kappa shape index (κ3) is 3.02. The standard InChI is InChI=1S/C14H18N2O3S/c1-9-7-12(20(15,17)18)8-13(10(9)2)16-11(3)14-5-4-6-19-14/h4-8,11,16H,1-3H3,(H2,15,17,18). The molecule has 1 aromatic carbocycles. The van der Waals surface area contributed by atoms with Crippen molar-refractivity contribution >= 4 is 15.7 Å². The van der Waals surface area contributed by atoms with Crippen molar-refractivity contribution in [3.05, 3.63) is 47.4 Å². The first-order valence-corrected chi connectivity index (χ1v) is 7.77. The van der Waals surface area contributed by atoms with Crippen molar-refractivity contribution in [1.82, 2.24) is 0 Å². The Balaban J connectivity index is 2.39. The Morgan fingerprint density at radius 2 is 2.00 bits per heavy atom. The van der Waals surface area contributed by atoms with Crippen LogP contribution >= 0.6 is 0 Å². The molecular weight excluding hydrogens is 276 g/mol. The number of hydrogen-bond donors (Lipinski definition) is 2. The van der Waals surface area contributed by atoms with Gasteiger partial charge in [0.25, 0.3) is 0 Å². The van der Waals surface area contributed by atoms with Crippen molar-refractivity contribution in [2.45, 2.75) is 31.7 Å². The van der Waals surface area contributed by atoms with Crippen LogP contribution in [0.1, 0.15) is 29.9 Å². The topological polar surface area (TPSA) is 85.3 Å². The van der Waals surface area contributed by atoms with E-state index in [-0.39, 0.29) is 10.9 Å². The Labute approximate surface area is 118 Å². The van der Waals surface area contributed by atoms with Crippen LogP contribution in [-0.2, 0) is 10.0 Å². The molecule has 1 heterocycles. The summed E-state index contributed by atoms with van der Waals surface area (Å²) >= 11 is 0. The molecule has 0 amide bonds. The molecule has 0 spiro atoms. The molecule has 0 radical (unpaired) electrons. The fourth-order valence-corrected chi connectivity index (χ4v) is 2.61. The number of furan rings is 1. The van der Waals surface area contributed by atoms with E-state index in [4.69, 9.17) is 9.56 Å². The molecule has 3 N–H and O–H groups in total. The van der Waals surface area contributed by atoms with E-state index in [9.17, 15) is 8.42 Å². The second-order valence-corrected chi connectivity index (χ2v) is 6.40. The van der Waals surface area contributed by atoms with Crippen molar-refractivity contribution < 1.29 is 12.8 Å². The van der Waals surface area contributed by atoms with Crippen LogP contribution in [0.5, 0.6) is 0 Å². The van der Waals surface area contributed by atoms with Crippen LogP contribution < -0.4 is 10.5 Å². The molecule has 5 nitrogen and oxygen atoms in total. The second-order valence-electron chi connectivity index (χ2n) is 4.84. The monoisotopic (exact) mass is 294 g/mol. The van der Waals surface area contributed by atoms with Crippen molar-refractivity contribution in [2.75, 3.05) is 5.32 Å². The van der Waals surface area contributed by atoms with Gasteiger partial charge in [-0.05, 0) is 56.2 Å². The third-order valence-corrected chi connectivity index (χ3v) is 4.20. The number of nitrogens with two attached hydrogens (primary N) is 1. The quantitative estimate of drug-likeness (QED) is 0.908. The summed E-state index contributed by atoms with van der Waals surface area (Å²) in [6.45, 7) is 5.73. The molecule has 0 saturated heterocycles. The number of anilines is 1. The first-order chi connectivity index (χ1) is 9.29. The van der Waals surface area contributed by atoms with Gasteiger partial charge in [-0.15, -0.1) is 0 Å². The minimum atomic E-state index is -3.72. The maximum Gasteiger partial charge on any atom is 0.238 e. The van der Waals surface area contributed by atoms with E-state index in [2.05, 4.69) is 5.32 Å². The molecular formula is C14H18N2O3S. The van der Waals surface area contributed by atoms with E-state index in [0.29, 0.717) is 0 Å². The van der Waals surface area contributed by atoms with Crippen molar-refractivity contribution in [3.8, 4) is 0 Å². The highest BCUT2D eigenvalue weighted by molar-refractivity contribution is 7.89. The Morgan fingerprint density at radius 3 is 2.55 bits per heavy atom. The van der Waals surface area contributed by atoms with E-state index in [1.807, 2.05) is 32.9 Å². The predicted molar refractivity (Wildman–Crippen MR) is 78.0 cm³/mol. The maximum absolute atomic E-state index is 11.5. The highest BCUT2D eigenvalue weighted by Gasteiger charge is 2.15. The highest BCUT2D eigenvalue weighted by Crippen LogP contribution is 2.27. The van der Waals surface area contributed by atoms with Gasteiger partial charge in [0.15, 0.2) is 0 Å². The lowest BCUT2D eigenvalue weighted by Crippen LogP contribution is -2.14. The molecule has 20 heavy (non-hydrogen) atoms. The summed E-state index contributed by atoms with van der Waals surface area (Å²) < 4.78 is 28.3. The highest BCUT2D eigenvalue weighted by atomic mass is 32.2. The zero-order valence-corrected chi connectivity index (χ0v) is 12.5. The Kier molecular flexibility index (Phi) is 3.87. The van der Waals surface area contributed by atoms with Gasteiger partial charge in [-0.2, -0.15) is 0 Å². The van der Waals surface area contributed by atoms with E-state index in [1.165, 1.54) is 0 Å². The largest absolute Gasteiger partial charge is 0.467 e. The Bertz CT molecular complexity index is 706. The lowest BCUT2D eigenvalue weighted by molar-refractivity contribution is 0.490. The average Bonchev–Trinajstić information content (AvgIpc) is 2.87. The van der Waals surface area contributed by atoms with E-state index in [1.54, 1.807) is 18.4 Å². The zero-order chi connectivity index (χ0) is 14.9. The molecule has 2 rings (SSSR count). The number of nitrogens with one attached hydrogen (secondary N) is 1. The molecule has 0 aliphatic carbocycles. The lowest BCUT2D eigenvalue weighted by atomic mass is 10.1. The lowest BCUT2D eigenvalue weighted by Gasteiger charge is -2.17. The van der Waals surface area contributed by atoms with Gasteiger partial charge in [0.2, 0.25) is 10.0 Å². The summed E-state index contributed by atoms with van der Waals surface area (Å²) in [5, 5.41) is 8.45. The SMILES string of the molecule is Cc1cc(S(N)(=O)=O)cc(NC(C)c2ccco2)c1C. The molecule has 1 unspecified atom stereocenters. The molecule has 0 fully saturated rings. The van der Waals surface area contributed by atoms with Crippen LogP contribution in [0.4, 0.5) is 5.69 Å². The molecule has 2 aromatic rings. The summed E-state index contributed by atoms with van der Waals surface area (Å²) in [5.41, 5.74) is 2.58. The fourth-order valence-electron chi connectivity index (χ4n) is 1.98. The average molecular weight is 294 g/mol. The van der Waals surface area contributed by atoms with Crippen LogP contribution in [0.25, 0.3) is 0 Å². The minimum absolute atomic E-state index is 0.0705. The molecule has 6 heteroatoms.